The predicted octanol–water partition coefficient (Wildman–Crippen LogP) is 1.46. The first kappa shape index (κ1) is 15.3. The highest BCUT2D eigenvalue weighted by Crippen LogP contribution is 2.32. The third-order valence-electron chi connectivity index (χ3n) is 4.89. The Morgan fingerprint density at radius 2 is 1.95 bits per heavy atom. The summed E-state index contributed by atoms with van der Waals surface area (Å²) in [5.41, 5.74) is 5.80. The Balaban J connectivity index is 1.85. The summed E-state index contributed by atoms with van der Waals surface area (Å²) in [6.45, 7) is 2.13. The van der Waals surface area contributed by atoms with Crippen LogP contribution in [0.25, 0.3) is 0 Å². The van der Waals surface area contributed by atoms with Crippen molar-refractivity contribution < 1.29 is 14.7 Å². The molecule has 1 aliphatic heterocycles. The van der Waals surface area contributed by atoms with Crippen molar-refractivity contribution in [2.75, 3.05) is 19.6 Å². The smallest absolute Gasteiger partial charge is 0.303 e. The fourth-order valence-electron chi connectivity index (χ4n) is 3.65. The molecule has 5 heteroatoms. The zero-order chi connectivity index (χ0) is 14.5. The van der Waals surface area contributed by atoms with Crippen LogP contribution in [0.5, 0.6) is 0 Å². The van der Waals surface area contributed by atoms with Crippen molar-refractivity contribution in [3.8, 4) is 0 Å². The van der Waals surface area contributed by atoms with Crippen molar-refractivity contribution >= 4 is 11.9 Å². The molecule has 3 atom stereocenters. The van der Waals surface area contributed by atoms with Crippen LogP contribution in [0.2, 0.25) is 0 Å². The van der Waals surface area contributed by atoms with Gasteiger partial charge in [0.2, 0.25) is 5.91 Å². The van der Waals surface area contributed by atoms with Gasteiger partial charge < -0.3 is 15.7 Å². The fraction of sp³-hybridized carbons (Fsp3) is 0.867. The van der Waals surface area contributed by atoms with Gasteiger partial charge in [-0.2, -0.15) is 0 Å². The van der Waals surface area contributed by atoms with Crippen LogP contribution in [-0.4, -0.2) is 41.5 Å². The SMILES string of the molecule is NCC1CCCCC1C(=O)N1CCC(CCC(=O)O)C1. The largest absolute Gasteiger partial charge is 0.481 e. The lowest BCUT2D eigenvalue weighted by Gasteiger charge is -2.32. The minimum Gasteiger partial charge on any atom is -0.481 e. The maximum atomic E-state index is 12.6. The Labute approximate surface area is 120 Å². The van der Waals surface area contributed by atoms with Gasteiger partial charge in [0.05, 0.1) is 0 Å². The lowest BCUT2D eigenvalue weighted by molar-refractivity contribution is -0.137. The van der Waals surface area contributed by atoms with Gasteiger partial charge in [0.15, 0.2) is 0 Å². The maximum absolute atomic E-state index is 12.6. The molecule has 5 nitrogen and oxygen atoms in total. The molecule has 0 bridgehead atoms. The highest BCUT2D eigenvalue weighted by atomic mass is 16.4. The van der Waals surface area contributed by atoms with E-state index in [1.54, 1.807) is 0 Å². The summed E-state index contributed by atoms with van der Waals surface area (Å²) in [4.78, 5) is 25.2. The van der Waals surface area contributed by atoms with Gasteiger partial charge in [0, 0.05) is 25.4 Å². The van der Waals surface area contributed by atoms with E-state index in [-0.39, 0.29) is 18.2 Å². The highest BCUT2D eigenvalue weighted by molar-refractivity contribution is 5.79. The van der Waals surface area contributed by atoms with Crippen LogP contribution in [0.15, 0.2) is 0 Å². The van der Waals surface area contributed by atoms with Gasteiger partial charge in [-0.05, 0) is 44.1 Å². The molecule has 3 unspecified atom stereocenters. The van der Waals surface area contributed by atoms with E-state index in [0.717, 1.165) is 38.8 Å². The Kier molecular flexibility index (Phi) is 5.40. The number of likely N-dealkylation sites (tertiary alicyclic amines) is 1. The van der Waals surface area contributed by atoms with E-state index in [0.29, 0.717) is 24.8 Å². The van der Waals surface area contributed by atoms with E-state index in [9.17, 15) is 9.59 Å². The molecule has 0 aromatic heterocycles. The Morgan fingerprint density at radius 3 is 2.65 bits per heavy atom. The highest BCUT2D eigenvalue weighted by Gasteiger charge is 2.35. The number of carboxylic acids is 1. The molecule has 3 N–H and O–H groups in total. The molecule has 20 heavy (non-hydrogen) atoms. The monoisotopic (exact) mass is 282 g/mol. The second-order valence-corrected chi connectivity index (χ2v) is 6.26. The molecule has 1 heterocycles. The van der Waals surface area contributed by atoms with Crippen molar-refractivity contribution in [1.29, 1.82) is 0 Å². The van der Waals surface area contributed by atoms with Crippen molar-refractivity contribution in [3.05, 3.63) is 0 Å². The quantitative estimate of drug-likeness (QED) is 0.799. The van der Waals surface area contributed by atoms with Gasteiger partial charge in [0.25, 0.3) is 0 Å². The lowest BCUT2D eigenvalue weighted by atomic mass is 9.78. The topological polar surface area (TPSA) is 83.6 Å². The van der Waals surface area contributed by atoms with Crippen LogP contribution in [-0.2, 0) is 9.59 Å². The number of carbonyl (C=O) groups is 2. The molecule has 1 aliphatic carbocycles. The Bertz CT molecular complexity index is 359. The molecule has 0 aromatic rings. The van der Waals surface area contributed by atoms with E-state index in [1.165, 1.54) is 6.42 Å². The van der Waals surface area contributed by atoms with E-state index < -0.39 is 5.97 Å². The van der Waals surface area contributed by atoms with Crippen molar-refractivity contribution in [3.63, 3.8) is 0 Å². The predicted molar refractivity (Wildman–Crippen MR) is 76.1 cm³/mol. The number of rotatable bonds is 5. The average molecular weight is 282 g/mol. The van der Waals surface area contributed by atoms with Crippen LogP contribution >= 0.6 is 0 Å². The summed E-state index contributed by atoms with van der Waals surface area (Å²) >= 11 is 0. The molecule has 1 saturated heterocycles. The zero-order valence-corrected chi connectivity index (χ0v) is 12.1. The Hall–Kier alpha value is -1.10. The first-order valence-corrected chi connectivity index (χ1v) is 7.82. The Morgan fingerprint density at radius 1 is 1.20 bits per heavy atom. The second-order valence-electron chi connectivity index (χ2n) is 6.26. The molecular weight excluding hydrogens is 256 g/mol. The lowest BCUT2D eigenvalue weighted by Crippen LogP contribution is -2.41. The number of carboxylic acid groups (broad SMARTS) is 1. The van der Waals surface area contributed by atoms with Crippen LogP contribution in [0.4, 0.5) is 0 Å². The van der Waals surface area contributed by atoms with E-state index in [2.05, 4.69) is 0 Å². The average Bonchev–Trinajstić information content (AvgIpc) is 2.93. The first-order chi connectivity index (χ1) is 9.61. The summed E-state index contributed by atoms with van der Waals surface area (Å²) in [7, 11) is 0. The fourth-order valence-corrected chi connectivity index (χ4v) is 3.65. The second kappa shape index (κ2) is 7.07. The summed E-state index contributed by atoms with van der Waals surface area (Å²) in [6, 6.07) is 0. The van der Waals surface area contributed by atoms with Crippen molar-refractivity contribution in [2.24, 2.45) is 23.5 Å². The standard InChI is InChI=1S/C15H26N2O3/c16-9-12-3-1-2-4-13(12)15(20)17-8-7-11(10-17)5-6-14(18)19/h11-13H,1-10,16H2,(H,18,19). The van der Waals surface area contributed by atoms with E-state index in [4.69, 9.17) is 10.8 Å². The molecule has 1 amide bonds. The third-order valence-corrected chi connectivity index (χ3v) is 4.89. The number of amides is 1. The summed E-state index contributed by atoms with van der Waals surface area (Å²) in [6.07, 6.45) is 6.20. The van der Waals surface area contributed by atoms with Gasteiger partial charge >= 0.3 is 5.97 Å². The first-order valence-electron chi connectivity index (χ1n) is 7.82. The molecule has 2 rings (SSSR count). The van der Waals surface area contributed by atoms with E-state index in [1.807, 2.05) is 4.90 Å². The number of aliphatic carboxylic acids is 1. The molecule has 2 aliphatic rings. The minimum atomic E-state index is -0.745. The molecule has 2 fully saturated rings. The van der Waals surface area contributed by atoms with Gasteiger partial charge in [0.1, 0.15) is 0 Å². The number of hydrogen-bond acceptors (Lipinski definition) is 3. The van der Waals surface area contributed by atoms with Gasteiger partial charge in [-0.1, -0.05) is 12.8 Å². The normalized spacial score (nSPS) is 30.4. The van der Waals surface area contributed by atoms with Gasteiger partial charge in [-0.15, -0.1) is 0 Å². The van der Waals surface area contributed by atoms with Crippen molar-refractivity contribution in [2.45, 2.75) is 44.9 Å². The third kappa shape index (κ3) is 3.72. The number of carbonyl (C=O) groups excluding carboxylic acids is 1. The molecule has 1 saturated carbocycles. The molecular formula is C15H26N2O3. The van der Waals surface area contributed by atoms with E-state index >= 15 is 0 Å². The minimum absolute atomic E-state index is 0.104. The summed E-state index contributed by atoms with van der Waals surface area (Å²) in [5, 5.41) is 8.72. The number of nitrogens with zero attached hydrogens (tertiary/aromatic N) is 1. The molecule has 0 radical (unpaired) electrons. The number of hydrogen-bond donors (Lipinski definition) is 2. The van der Waals surface area contributed by atoms with Gasteiger partial charge in [-0.3, -0.25) is 9.59 Å². The zero-order valence-electron chi connectivity index (χ0n) is 12.1. The molecule has 0 spiro atoms. The van der Waals surface area contributed by atoms with Crippen LogP contribution in [0, 0.1) is 17.8 Å². The van der Waals surface area contributed by atoms with Gasteiger partial charge in [-0.25, -0.2) is 0 Å². The maximum Gasteiger partial charge on any atom is 0.303 e. The summed E-state index contributed by atoms with van der Waals surface area (Å²) < 4.78 is 0. The van der Waals surface area contributed by atoms with Crippen molar-refractivity contribution in [1.82, 2.24) is 4.90 Å². The van der Waals surface area contributed by atoms with Crippen LogP contribution in [0.1, 0.15) is 44.9 Å². The molecule has 114 valence electrons. The van der Waals surface area contributed by atoms with Crippen LogP contribution in [0.3, 0.4) is 0 Å². The summed E-state index contributed by atoms with van der Waals surface area (Å²) in [5.74, 6) is 0.319. The van der Waals surface area contributed by atoms with Crippen LogP contribution < -0.4 is 5.73 Å². The molecule has 0 aromatic carbocycles. The number of nitrogens with two attached hydrogens (primary N) is 1.